The summed E-state index contributed by atoms with van der Waals surface area (Å²) in [6.45, 7) is 1.91. The molecule has 0 fully saturated rings. The van der Waals surface area contributed by atoms with Crippen molar-refractivity contribution in [3.63, 3.8) is 0 Å². The number of aldehydes is 1. The Morgan fingerprint density at radius 2 is 2.12 bits per heavy atom. The minimum Gasteiger partial charge on any atom is -0.515 e. The zero-order chi connectivity index (χ0) is 12.4. The molecule has 0 radical (unpaired) electrons. The van der Waals surface area contributed by atoms with Gasteiger partial charge in [0.2, 0.25) is 0 Å². The van der Waals surface area contributed by atoms with Crippen molar-refractivity contribution in [3.8, 4) is 6.07 Å². The third-order valence-corrected chi connectivity index (χ3v) is 3.82. The molecule has 0 aromatic carbocycles. The van der Waals surface area contributed by atoms with Gasteiger partial charge in [-0.2, -0.15) is 5.26 Å². The summed E-state index contributed by atoms with van der Waals surface area (Å²) in [6, 6.07) is 2.18. The van der Waals surface area contributed by atoms with E-state index in [1.54, 1.807) is 0 Å². The Balaban J connectivity index is 2.63. The molecule has 0 spiro atoms. The van der Waals surface area contributed by atoms with Crippen LogP contribution >= 0.6 is 0 Å². The molecule has 0 bridgehead atoms. The molecule has 1 unspecified atom stereocenters. The minimum absolute atomic E-state index is 0.372. The molecule has 1 atom stereocenters. The standard InChI is InChI=1S/C14H15NO2/c1-9-11(7-16)4-2-10-3-5-12(8-17)13(6-15)14(9)10/h7-8,10,17H,2-5H2,1H3/b12-8+. The fourth-order valence-electron chi connectivity index (χ4n) is 2.86. The summed E-state index contributed by atoms with van der Waals surface area (Å²) in [5.74, 6) is 0.372. The van der Waals surface area contributed by atoms with Crippen LogP contribution in [0.4, 0.5) is 0 Å². The van der Waals surface area contributed by atoms with Crippen LogP contribution in [0.15, 0.2) is 34.1 Å². The van der Waals surface area contributed by atoms with Crippen LogP contribution in [-0.4, -0.2) is 11.4 Å². The summed E-state index contributed by atoms with van der Waals surface area (Å²) in [5.41, 5.74) is 3.98. The maximum absolute atomic E-state index is 11.0. The fourth-order valence-corrected chi connectivity index (χ4v) is 2.86. The van der Waals surface area contributed by atoms with E-state index in [0.29, 0.717) is 17.1 Å². The number of fused-ring (bicyclic) bond motifs is 1. The van der Waals surface area contributed by atoms with Crippen molar-refractivity contribution < 1.29 is 9.90 Å². The van der Waals surface area contributed by atoms with E-state index in [-0.39, 0.29) is 0 Å². The van der Waals surface area contributed by atoms with E-state index in [4.69, 9.17) is 5.11 Å². The molecular formula is C14H15NO2. The Kier molecular flexibility index (Phi) is 3.14. The highest BCUT2D eigenvalue weighted by Crippen LogP contribution is 2.43. The van der Waals surface area contributed by atoms with Crippen LogP contribution < -0.4 is 0 Å². The molecule has 0 heterocycles. The van der Waals surface area contributed by atoms with E-state index in [0.717, 1.165) is 55.0 Å². The number of aliphatic hydroxyl groups is 1. The van der Waals surface area contributed by atoms with Gasteiger partial charge in [-0.05, 0) is 55.2 Å². The van der Waals surface area contributed by atoms with Gasteiger partial charge in [0.05, 0.1) is 17.9 Å². The van der Waals surface area contributed by atoms with Gasteiger partial charge in [0.1, 0.15) is 6.29 Å². The zero-order valence-corrected chi connectivity index (χ0v) is 9.86. The van der Waals surface area contributed by atoms with Crippen molar-refractivity contribution in [2.45, 2.75) is 32.6 Å². The van der Waals surface area contributed by atoms with Crippen molar-refractivity contribution >= 4 is 6.29 Å². The van der Waals surface area contributed by atoms with Gasteiger partial charge in [-0.3, -0.25) is 4.79 Å². The average Bonchev–Trinajstić information content (AvgIpc) is 2.37. The van der Waals surface area contributed by atoms with Gasteiger partial charge in [0.25, 0.3) is 0 Å². The Morgan fingerprint density at radius 3 is 2.71 bits per heavy atom. The molecule has 0 aromatic heterocycles. The van der Waals surface area contributed by atoms with Crippen molar-refractivity contribution in [3.05, 3.63) is 34.1 Å². The summed E-state index contributed by atoms with van der Waals surface area (Å²) in [7, 11) is 0. The van der Waals surface area contributed by atoms with Gasteiger partial charge >= 0.3 is 0 Å². The first-order valence-corrected chi connectivity index (χ1v) is 5.86. The molecule has 3 heteroatoms. The van der Waals surface area contributed by atoms with E-state index < -0.39 is 0 Å². The molecule has 0 aliphatic heterocycles. The quantitative estimate of drug-likeness (QED) is 0.555. The highest BCUT2D eigenvalue weighted by molar-refractivity contribution is 5.78. The molecule has 3 nitrogen and oxygen atoms in total. The number of aliphatic hydroxyl groups excluding tert-OH is 1. The molecule has 0 saturated carbocycles. The van der Waals surface area contributed by atoms with Gasteiger partial charge in [0, 0.05) is 5.57 Å². The summed E-state index contributed by atoms with van der Waals surface area (Å²) in [6.07, 6.45) is 5.37. The molecule has 1 N–H and O–H groups in total. The van der Waals surface area contributed by atoms with E-state index in [1.165, 1.54) is 0 Å². The van der Waals surface area contributed by atoms with E-state index in [1.807, 2.05) is 6.92 Å². The maximum Gasteiger partial charge on any atom is 0.146 e. The lowest BCUT2D eigenvalue weighted by atomic mass is 9.71. The molecule has 2 aliphatic carbocycles. The smallest absolute Gasteiger partial charge is 0.146 e. The third-order valence-electron chi connectivity index (χ3n) is 3.82. The Labute approximate surface area is 101 Å². The van der Waals surface area contributed by atoms with Crippen molar-refractivity contribution in [2.24, 2.45) is 5.92 Å². The minimum atomic E-state index is 0.372. The highest BCUT2D eigenvalue weighted by Gasteiger charge is 2.31. The van der Waals surface area contributed by atoms with Crippen LogP contribution in [0.1, 0.15) is 32.6 Å². The number of carbonyl (C=O) groups is 1. The second kappa shape index (κ2) is 4.58. The normalized spacial score (nSPS) is 26.8. The number of carbonyl (C=O) groups excluding carboxylic acids is 1. The largest absolute Gasteiger partial charge is 0.515 e. The second-order valence-corrected chi connectivity index (χ2v) is 4.60. The lowest BCUT2D eigenvalue weighted by molar-refractivity contribution is -0.105. The Hall–Kier alpha value is -1.82. The second-order valence-electron chi connectivity index (χ2n) is 4.60. The van der Waals surface area contributed by atoms with Gasteiger partial charge in [-0.15, -0.1) is 0 Å². The number of hydrogen-bond donors (Lipinski definition) is 1. The van der Waals surface area contributed by atoms with Crippen LogP contribution in [-0.2, 0) is 4.79 Å². The van der Waals surface area contributed by atoms with Crippen LogP contribution in [0, 0.1) is 17.2 Å². The summed E-state index contributed by atoms with van der Waals surface area (Å²) in [4.78, 5) is 11.0. The number of allylic oxidation sites excluding steroid dienone is 5. The van der Waals surface area contributed by atoms with Crippen molar-refractivity contribution in [1.29, 1.82) is 5.26 Å². The van der Waals surface area contributed by atoms with Gasteiger partial charge < -0.3 is 5.11 Å². The average molecular weight is 229 g/mol. The molecule has 0 amide bonds. The molecule has 0 aromatic rings. The van der Waals surface area contributed by atoms with E-state index >= 15 is 0 Å². The molecule has 2 aliphatic rings. The van der Waals surface area contributed by atoms with E-state index in [9.17, 15) is 10.1 Å². The van der Waals surface area contributed by atoms with Crippen LogP contribution in [0.25, 0.3) is 0 Å². The maximum atomic E-state index is 11.0. The monoisotopic (exact) mass is 229 g/mol. The Morgan fingerprint density at radius 1 is 1.41 bits per heavy atom. The first-order chi connectivity index (χ1) is 8.22. The van der Waals surface area contributed by atoms with Gasteiger partial charge in [0.15, 0.2) is 0 Å². The van der Waals surface area contributed by atoms with Gasteiger partial charge in [-0.25, -0.2) is 0 Å². The predicted octanol–water partition coefficient (Wildman–Crippen LogP) is 2.97. The number of rotatable bonds is 1. The topological polar surface area (TPSA) is 61.1 Å². The van der Waals surface area contributed by atoms with Crippen LogP contribution in [0.2, 0.25) is 0 Å². The lowest BCUT2D eigenvalue weighted by Crippen LogP contribution is -2.20. The first-order valence-electron chi connectivity index (χ1n) is 5.86. The molecule has 88 valence electrons. The third kappa shape index (κ3) is 1.80. The first kappa shape index (κ1) is 11.7. The van der Waals surface area contributed by atoms with Gasteiger partial charge in [-0.1, -0.05) is 0 Å². The zero-order valence-electron chi connectivity index (χ0n) is 9.86. The number of nitrogens with zero attached hydrogens (tertiary/aromatic N) is 1. The molecule has 0 saturated heterocycles. The number of hydrogen-bond acceptors (Lipinski definition) is 3. The van der Waals surface area contributed by atoms with Crippen LogP contribution in [0.3, 0.4) is 0 Å². The van der Waals surface area contributed by atoms with Crippen molar-refractivity contribution in [2.75, 3.05) is 0 Å². The van der Waals surface area contributed by atoms with E-state index in [2.05, 4.69) is 6.07 Å². The van der Waals surface area contributed by atoms with Crippen molar-refractivity contribution in [1.82, 2.24) is 0 Å². The summed E-state index contributed by atoms with van der Waals surface area (Å²) >= 11 is 0. The fraction of sp³-hybridized carbons (Fsp3) is 0.429. The molecule has 17 heavy (non-hydrogen) atoms. The molecule has 2 rings (SSSR count). The summed E-state index contributed by atoms with van der Waals surface area (Å²) in [5, 5.41) is 18.4. The SMILES string of the molecule is CC1=C(C=O)CCC2CC/C(=C\O)C(C#N)=C12. The van der Waals surface area contributed by atoms with Crippen LogP contribution in [0.5, 0.6) is 0 Å². The lowest BCUT2D eigenvalue weighted by Gasteiger charge is -2.32. The molecular weight excluding hydrogens is 214 g/mol. The number of nitriles is 1. The summed E-state index contributed by atoms with van der Waals surface area (Å²) < 4.78 is 0. The Bertz CT molecular complexity index is 489. The predicted molar refractivity (Wildman–Crippen MR) is 64.1 cm³/mol. The highest BCUT2D eigenvalue weighted by atomic mass is 16.2.